The highest BCUT2D eigenvalue weighted by molar-refractivity contribution is 5.95. The Morgan fingerprint density at radius 1 is 1.23 bits per heavy atom. The van der Waals surface area contributed by atoms with Gasteiger partial charge in [0.2, 0.25) is 0 Å². The normalized spacial score (nSPS) is 19.0. The number of aryl methyl sites for hydroxylation is 1. The highest BCUT2D eigenvalue weighted by atomic mass is 16.3. The Morgan fingerprint density at radius 3 is 2.77 bits per heavy atom. The summed E-state index contributed by atoms with van der Waals surface area (Å²) in [5.74, 6) is 0.185. The molecule has 0 radical (unpaired) electrons. The van der Waals surface area contributed by atoms with Gasteiger partial charge in [0, 0.05) is 30.9 Å². The highest BCUT2D eigenvalue weighted by Crippen LogP contribution is 2.25. The van der Waals surface area contributed by atoms with Gasteiger partial charge in [-0.1, -0.05) is 37.1 Å². The number of hydrogen-bond donors (Lipinski definition) is 1. The first-order valence-electron chi connectivity index (χ1n) is 11.0. The third kappa shape index (κ3) is 5.36. The minimum Gasteiger partial charge on any atom is -0.393 e. The number of nitrogens with zero attached hydrogens (tertiary/aromatic N) is 3. The van der Waals surface area contributed by atoms with Gasteiger partial charge in [-0.15, -0.1) is 0 Å². The Morgan fingerprint density at radius 2 is 2.03 bits per heavy atom. The predicted molar refractivity (Wildman–Crippen MR) is 121 cm³/mol. The van der Waals surface area contributed by atoms with E-state index in [2.05, 4.69) is 34.3 Å². The van der Waals surface area contributed by atoms with Crippen molar-refractivity contribution in [2.45, 2.75) is 51.6 Å². The Hall–Kier alpha value is -3.05. The molecule has 0 spiro atoms. The largest absolute Gasteiger partial charge is 0.393 e. The number of ketones is 1. The van der Waals surface area contributed by atoms with Gasteiger partial charge in [0.1, 0.15) is 5.69 Å². The molecule has 0 aliphatic heterocycles. The van der Waals surface area contributed by atoms with Crippen LogP contribution in [0.5, 0.6) is 0 Å². The first-order valence-corrected chi connectivity index (χ1v) is 11.0. The number of benzene rings is 1. The van der Waals surface area contributed by atoms with Crippen LogP contribution < -0.4 is 0 Å². The maximum absolute atomic E-state index is 12.7. The molecule has 1 aliphatic carbocycles. The van der Waals surface area contributed by atoms with Crippen LogP contribution in [0, 0.1) is 12.8 Å². The molecule has 3 aromatic rings. The summed E-state index contributed by atoms with van der Waals surface area (Å²) >= 11 is 0. The monoisotopic (exact) mass is 415 g/mol. The van der Waals surface area contributed by atoms with E-state index < -0.39 is 0 Å². The van der Waals surface area contributed by atoms with Gasteiger partial charge in [0.05, 0.1) is 11.8 Å². The molecular weight excluding hydrogens is 386 g/mol. The van der Waals surface area contributed by atoms with Gasteiger partial charge in [-0.3, -0.25) is 9.78 Å². The minimum absolute atomic E-state index is 0.0110. The number of hydrogen-bond acceptors (Lipinski definition) is 4. The Labute approximate surface area is 183 Å². The molecule has 0 saturated heterocycles. The van der Waals surface area contributed by atoms with Crippen molar-refractivity contribution in [2.75, 3.05) is 0 Å². The van der Waals surface area contributed by atoms with E-state index in [4.69, 9.17) is 0 Å². The van der Waals surface area contributed by atoms with Crippen molar-refractivity contribution in [2.24, 2.45) is 5.92 Å². The number of aliphatic hydroxyl groups is 1. The van der Waals surface area contributed by atoms with Gasteiger partial charge in [-0.05, 0) is 67.1 Å². The topological polar surface area (TPSA) is 68.0 Å². The first kappa shape index (κ1) is 21.2. The molecule has 2 aromatic heterocycles. The molecular formula is C26H29N3O2. The minimum atomic E-state index is -0.274. The lowest BCUT2D eigenvalue weighted by Crippen LogP contribution is -2.22. The summed E-state index contributed by atoms with van der Waals surface area (Å²) in [6.45, 7) is 2.03. The van der Waals surface area contributed by atoms with Crippen LogP contribution in [0.25, 0.3) is 5.69 Å². The van der Waals surface area contributed by atoms with E-state index in [0.29, 0.717) is 12.1 Å². The molecule has 0 bridgehead atoms. The van der Waals surface area contributed by atoms with Gasteiger partial charge in [0.15, 0.2) is 5.78 Å². The van der Waals surface area contributed by atoms with Crippen LogP contribution in [0.1, 0.15) is 59.3 Å². The third-order valence-corrected chi connectivity index (χ3v) is 6.07. The van der Waals surface area contributed by atoms with E-state index in [1.54, 1.807) is 12.4 Å². The second-order valence-corrected chi connectivity index (χ2v) is 8.36. The van der Waals surface area contributed by atoms with Crippen LogP contribution in [-0.4, -0.2) is 31.8 Å². The fourth-order valence-electron chi connectivity index (χ4n) is 4.14. The van der Waals surface area contributed by atoms with Crippen LogP contribution in [0.4, 0.5) is 0 Å². The molecule has 1 N–H and O–H groups in total. The summed E-state index contributed by atoms with van der Waals surface area (Å²) in [5.41, 5.74) is 4.88. The summed E-state index contributed by atoms with van der Waals surface area (Å²) in [6.07, 6.45) is 14.3. The molecule has 4 rings (SSSR count). The molecule has 2 atom stereocenters. The summed E-state index contributed by atoms with van der Waals surface area (Å²) < 4.78 is 1.83. The van der Waals surface area contributed by atoms with Crippen molar-refractivity contribution >= 4 is 5.78 Å². The molecule has 1 aromatic carbocycles. The van der Waals surface area contributed by atoms with Crippen LogP contribution in [-0.2, 0) is 6.42 Å². The van der Waals surface area contributed by atoms with E-state index in [0.717, 1.165) is 48.9 Å². The van der Waals surface area contributed by atoms with E-state index >= 15 is 0 Å². The average Bonchev–Trinajstić information content (AvgIpc) is 3.32. The summed E-state index contributed by atoms with van der Waals surface area (Å²) in [6, 6.07) is 12.1. The Kier molecular flexibility index (Phi) is 6.73. The van der Waals surface area contributed by atoms with Crippen LogP contribution in [0.2, 0.25) is 0 Å². The maximum Gasteiger partial charge on any atom is 0.184 e. The second kappa shape index (κ2) is 9.84. The molecule has 1 fully saturated rings. The van der Waals surface area contributed by atoms with Crippen molar-refractivity contribution in [1.82, 2.24) is 14.8 Å². The van der Waals surface area contributed by atoms with Gasteiger partial charge in [-0.2, -0.15) is 5.10 Å². The number of pyridine rings is 1. The molecule has 5 heteroatoms. The molecule has 5 nitrogen and oxygen atoms in total. The first-order chi connectivity index (χ1) is 15.1. The number of aromatic nitrogens is 3. The number of carbonyl (C=O) groups excluding carboxylic acids is 1. The van der Waals surface area contributed by atoms with Gasteiger partial charge in [0.25, 0.3) is 0 Å². The van der Waals surface area contributed by atoms with Crippen LogP contribution in [0.15, 0.2) is 67.1 Å². The molecule has 160 valence electrons. The zero-order chi connectivity index (χ0) is 21.6. The zero-order valence-electron chi connectivity index (χ0n) is 17.9. The lowest BCUT2D eigenvalue weighted by atomic mass is 9.86. The van der Waals surface area contributed by atoms with Crippen LogP contribution in [0.3, 0.4) is 0 Å². The van der Waals surface area contributed by atoms with E-state index in [1.807, 2.05) is 42.1 Å². The van der Waals surface area contributed by atoms with Crippen molar-refractivity contribution in [1.29, 1.82) is 0 Å². The van der Waals surface area contributed by atoms with Gasteiger partial charge >= 0.3 is 0 Å². The van der Waals surface area contributed by atoms with Gasteiger partial charge < -0.3 is 5.11 Å². The average molecular weight is 416 g/mol. The van der Waals surface area contributed by atoms with Crippen molar-refractivity contribution in [3.05, 3.63) is 89.5 Å². The lowest BCUT2D eigenvalue weighted by molar-refractivity contribution is 0.0920. The third-order valence-electron chi connectivity index (χ3n) is 6.07. The number of Topliss-reactive ketones (excluding diaryl/α,β-unsaturated/α-hetero) is 1. The Bertz CT molecular complexity index is 1040. The molecule has 0 unspecified atom stereocenters. The molecule has 2 heterocycles. The molecule has 1 saturated carbocycles. The van der Waals surface area contributed by atoms with Crippen molar-refractivity contribution in [3.8, 4) is 5.69 Å². The van der Waals surface area contributed by atoms with Gasteiger partial charge in [-0.25, -0.2) is 4.68 Å². The Balaban J connectivity index is 1.41. The molecule has 0 amide bonds. The summed E-state index contributed by atoms with van der Waals surface area (Å²) in [7, 11) is 0. The standard InChI is InChI=1S/C26H29N3O2/c1-19-18-27-24(26(31)9-4-7-21-6-2-3-8-25(21)30)17-22(19)16-20-10-12-23(13-11-20)29-15-5-14-28-29/h4-5,7,10-15,17-18,21,25,30H,2-3,6,8-9,16H2,1H3/b7-4+/t21-,25+/m1/s1. The fraction of sp³-hybridized carbons (Fsp3) is 0.346. The summed E-state index contributed by atoms with van der Waals surface area (Å²) in [5, 5.41) is 14.3. The van der Waals surface area contributed by atoms with Crippen molar-refractivity contribution in [3.63, 3.8) is 0 Å². The van der Waals surface area contributed by atoms with E-state index in [-0.39, 0.29) is 17.8 Å². The molecule has 31 heavy (non-hydrogen) atoms. The molecule has 1 aliphatic rings. The highest BCUT2D eigenvalue weighted by Gasteiger charge is 2.20. The quantitative estimate of drug-likeness (QED) is 0.443. The maximum atomic E-state index is 12.7. The predicted octanol–water partition coefficient (Wildman–Crippen LogP) is 4.85. The fourth-order valence-corrected chi connectivity index (χ4v) is 4.14. The number of allylic oxidation sites excluding steroid dienone is 1. The van der Waals surface area contributed by atoms with Crippen molar-refractivity contribution < 1.29 is 9.90 Å². The van der Waals surface area contributed by atoms with E-state index in [9.17, 15) is 9.90 Å². The smallest absolute Gasteiger partial charge is 0.184 e. The number of aliphatic hydroxyl groups excluding tert-OH is 1. The second-order valence-electron chi connectivity index (χ2n) is 8.36. The summed E-state index contributed by atoms with van der Waals surface area (Å²) in [4.78, 5) is 17.0. The lowest BCUT2D eigenvalue weighted by Gasteiger charge is -2.24. The van der Waals surface area contributed by atoms with Crippen LogP contribution >= 0.6 is 0 Å². The van der Waals surface area contributed by atoms with E-state index in [1.165, 1.54) is 5.56 Å². The zero-order valence-corrected chi connectivity index (χ0v) is 17.9. The SMILES string of the molecule is Cc1cnc(C(=O)C/C=C/[C@H]2CCCC[C@@H]2O)cc1Cc1ccc(-n2cccn2)cc1. The number of carbonyl (C=O) groups is 1. The number of rotatable bonds is 7.